The molecule has 1 aromatic carbocycles. The molecule has 2 heterocycles. The van der Waals surface area contributed by atoms with Crippen LogP contribution in [0.15, 0.2) is 24.3 Å². The fraction of sp³-hybridized carbons (Fsp3) is 0.600. The molecule has 1 atom stereocenters. The molecule has 0 bridgehead atoms. The molecule has 2 aliphatic heterocycles. The Balaban J connectivity index is 1.73. The second-order valence-corrected chi connectivity index (χ2v) is 5.22. The van der Waals surface area contributed by atoms with Gasteiger partial charge in [-0.15, -0.1) is 0 Å². The van der Waals surface area contributed by atoms with Crippen molar-refractivity contribution in [2.24, 2.45) is 0 Å². The average Bonchev–Trinajstić information content (AvgIpc) is 2.64. The Bertz CT molecular complexity index is 393. The fourth-order valence-electron chi connectivity index (χ4n) is 2.83. The quantitative estimate of drug-likeness (QED) is 0.871. The van der Waals surface area contributed by atoms with Crippen LogP contribution in [0.5, 0.6) is 0 Å². The van der Waals surface area contributed by atoms with Crippen LogP contribution in [-0.4, -0.2) is 19.4 Å². The van der Waals surface area contributed by atoms with E-state index in [4.69, 9.17) is 9.47 Å². The molecule has 0 aromatic heterocycles. The van der Waals surface area contributed by atoms with Gasteiger partial charge in [-0.1, -0.05) is 24.3 Å². The Labute approximate surface area is 108 Å². The summed E-state index contributed by atoms with van der Waals surface area (Å²) in [5, 5.41) is 3.46. The predicted molar refractivity (Wildman–Crippen MR) is 70.3 cm³/mol. The van der Waals surface area contributed by atoms with Crippen LogP contribution >= 0.6 is 0 Å². The maximum atomic E-state index is 5.56. The molecule has 1 N–H and O–H groups in total. The number of hydrogen-bond donors (Lipinski definition) is 1. The van der Waals surface area contributed by atoms with Gasteiger partial charge in [0.2, 0.25) is 0 Å². The summed E-state index contributed by atoms with van der Waals surface area (Å²) in [6.45, 7) is 4.21. The molecule has 1 aromatic rings. The zero-order valence-electron chi connectivity index (χ0n) is 10.9. The van der Waals surface area contributed by atoms with Crippen LogP contribution in [0.1, 0.15) is 49.5 Å². The summed E-state index contributed by atoms with van der Waals surface area (Å²) in [5.41, 5.74) is 2.59. The lowest BCUT2D eigenvalue weighted by atomic mass is 9.91. The third-order valence-electron chi connectivity index (χ3n) is 3.86. The zero-order valence-corrected chi connectivity index (χ0v) is 10.9. The number of benzene rings is 1. The van der Waals surface area contributed by atoms with E-state index in [1.165, 1.54) is 24.8 Å². The van der Waals surface area contributed by atoms with Crippen molar-refractivity contribution in [2.75, 3.05) is 13.1 Å². The van der Waals surface area contributed by atoms with E-state index in [2.05, 4.69) is 29.6 Å². The highest BCUT2D eigenvalue weighted by Gasteiger charge is 2.28. The van der Waals surface area contributed by atoms with Crippen molar-refractivity contribution >= 4 is 0 Å². The van der Waals surface area contributed by atoms with Gasteiger partial charge >= 0.3 is 0 Å². The highest BCUT2D eigenvalue weighted by Crippen LogP contribution is 2.34. The maximum Gasteiger partial charge on any atom is 0.189 e. The van der Waals surface area contributed by atoms with Crippen molar-refractivity contribution in [2.45, 2.75) is 44.7 Å². The van der Waals surface area contributed by atoms with Gasteiger partial charge in [0.15, 0.2) is 12.6 Å². The minimum atomic E-state index is -0.149. The lowest BCUT2D eigenvalue weighted by Crippen LogP contribution is -2.31. The SMILES string of the molecule is CC1OC(c2cccc([C@H]3CCCNCC3)c2)O1. The molecule has 2 aliphatic rings. The van der Waals surface area contributed by atoms with Crippen molar-refractivity contribution in [3.8, 4) is 0 Å². The van der Waals surface area contributed by atoms with Crippen LogP contribution in [0.4, 0.5) is 0 Å². The van der Waals surface area contributed by atoms with Crippen LogP contribution < -0.4 is 5.32 Å². The molecule has 0 saturated carbocycles. The molecular weight excluding hydrogens is 226 g/mol. The molecule has 0 amide bonds. The van der Waals surface area contributed by atoms with Crippen LogP contribution in [0.3, 0.4) is 0 Å². The first kappa shape index (κ1) is 12.2. The number of rotatable bonds is 2. The highest BCUT2D eigenvalue weighted by molar-refractivity contribution is 5.28. The molecule has 98 valence electrons. The van der Waals surface area contributed by atoms with Gasteiger partial charge < -0.3 is 14.8 Å². The Morgan fingerprint density at radius 3 is 2.78 bits per heavy atom. The first-order valence-electron chi connectivity index (χ1n) is 6.94. The Morgan fingerprint density at radius 2 is 1.94 bits per heavy atom. The highest BCUT2D eigenvalue weighted by atomic mass is 16.9. The van der Waals surface area contributed by atoms with E-state index in [-0.39, 0.29) is 12.6 Å². The molecule has 0 unspecified atom stereocenters. The lowest BCUT2D eigenvalue weighted by molar-refractivity contribution is -0.382. The van der Waals surface area contributed by atoms with Gasteiger partial charge in [-0.2, -0.15) is 0 Å². The van der Waals surface area contributed by atoms with Gasteiger partial charge in [-0.3, -0.25) is 0 Å². The van der Waals surface area contributed by atoms with E-state index in [1.807, 2.05) is 6.92 Å². The van der Waals surface area contributed by atoms with Crippen molar-refractivity contribution in [3.05, 3.63) is 35.4 Å². The summed E-state index contributed by atoms with van der Waals surface area (Å²) in [5.74, 6) is 0.678. The van der Waals surface area contributed by atoms with Gasteiger partial charge in [0.1, 0.15) is 0 Å². The van der Waals surface area contributed by atoms with E-state index >= 15 is 0 Å². The van der Waals surface area contributed by atoms with Crippen molar-refractivity contribution < 1.29 is 9.47 Å². The minimum Gasteiger partial charge on any atom is -0.320 e. The third-order valence-corrected chi connectivity index (χ3v) is 3.86. The van der Waals surface area contributed by atoms with E-state index in [9.17, 15) is 0 Å². The van der Waals surface area contributed by atoms with Gasteiger partial charge in [0.05, 0.1) is 0 Å². The third kappa shape index (κ3) is 2.58. The maximum absolute atomic E-state index is 5.56. The van der Waals surface area contributed by atoms with E-state index in [0.717, 1.165) is 18.7 Å². The fourth-order valence-corrected chi connectivity index (χ4v) is 2.83. The second kappa shape index (κ2) is 5.39. The summed E-state index contributed by atoms with van der Waals surface area (Å²) < 4.78 is 11.1. The Kier molecular flexibility index (Phi) is 3.64. The van der Waals surface area contributed by atoms with Crippen molar-refractivity contribution in [1.82, 2.24) is 5.32 Å². The Morgan fingerprint density at radius 1 is 1.11 bits per heavy atom. The summed E-state index contributed by atoms with van der Waals surface area (Å²) in [6, 6.07) is 8.71. The van der Waals surface area contributed by atoms with Crippen LogP contribution in [0, 0.1) is 0 Å². The van der Waals surface area contributed by atoms with E-state index in [1.54, 1.807) is 0 Å². The molecule has 2 fully saturated rings. The largest absolute Gasteiger partial charge is 0.320 e. The van der Waals surface area contributed by atoms with Gasteiger partial charge in [-0.05, 0) is 50.8 Å². The summed E-state index contributed by atoms with van der Waals surface area (Å²) in [4.78, 5) is 0. The van der Waals surface area contributed by atoms with Gasteiger partial charge in [0, 0.05) is 5.56 Å². The van der Waals surface area contributed by atoms with Gasteiger partial charge in [-0.25, -0.2) is 0 Å². The summed E-state index contributed by atoms with van der Waals surface area (Å²) >= 11 is 0. The zero-order chi connectivity index (χ0) is 12.4. The minimum absolute atomic E-state index is 0.0549. The first-order valence-corrected chi connectivity index (χ1v) is 6.94. The number of ether oxygens (including phenoxy) is 2. The molecule has 2 saturated heterocycles. The van der Waals surface area contributed by atoms with Gasteiger partial charge in [0.25, 0.3) is 0 Å². The molecule has 3 heteroatoms. The molecule has 3 rings (SSSR count). The monoisotopic (exact) mass is 247 g/mol. The Hall–Kier alpha value is -0.900. The standard InChI is InChI=1S/C15H21NO2/c1-11-17-15(18-11)14-5-2-4-13(10-14)12-6-3-8-16-9-7-12/h2,4-5,10-12,15-16H,3,6-9H2,1H3/t11?,12-,15?/m0/s1. The normalized spacial score (nSPS) is 32.6. The summed E-state index contributed by atoms with van der Waals surface area (Å²) in [6.07, 6.45) is 3.57. The molecule has 0 aliphatic carbocycles. The lowest BCUT2D eigenvalue weighted by Gasteiger charge is -2.34. The van der Waals surface area contributed by atoms with Crippen LogP contribution in [0.25, 0.3) is 0 Å². The molecule has 18 heavy (non-hydrogen) atoms. The molecular formula is C15H21NO2. The van der Waals surface area contributed by atoms with Crippen LogP contribution in [-0.2, 0) is 9.47 Å². The average molecular weight is 247 g/mol. The van der Waals surface area contributed by atoms with Crippen molar-refractivity contribution in [1.29, 1.82) is 0 Å². The molecule has 0 spiro atoms. The topological polar surface area (TPSA) is 30.5 Å². The summed E-state index contributed by atoms with van der Waals surface area (Å²) in [7, 11) is 0. The molecule has 3 nitrogen and oxygen atoms in total. The van der Waals surface area contributed by atoms with E-state index in [0.29, 0.717) is 5.92 Å². The van der Waals surface area contributed by atoms with Crippen molar-refractivity contribution in [3.63, 3.8) is 0 Å². The first-order chi connectivity index (χ1) is 8.83. The van der Waals surface area contributed by atoms with Crippen LogP contribution in [0.2, 0.25) is 0 Å². The predicted octanol–water partition coefficient (Wildman–Crippen LogP) is 2.94. The number of nitrogens with one attached hydrogen (secondary N) is 1. The molecule has 0 radical (unpaired) electrons. The smallest absolute Gasteiger partial charge is 0.189 e. The number of hydrogen-bond acceptors (Lipinski definition) is 3. The van der Waals surface area contributed by atoms with E-state index < -0.39 is 0 Å². The second-order valence-electron chi connectivity index (χ2n) is 5.22.